The van der Waals surface area contributed by atoms with Crippen molar-refractivity contribution in [2.45, 2.75) is 19.8 Å². The molecule has 0 aliphatic rings. The smallest absolute Gasteiger partial charge is 0.0648 e. The first-order valence-corrected chi connectivity index (χ1v) is 5.44. The molecule has 0 amide bonds. The third-order valence-corrected chi connectivity index (χ3v) is 2.81. The third-order valence-electron chi connectivity index (χ3n) is 2.81. The van der Waals surface area contributed by atoms with E-state index >= 15 is 0 Å². The Morgan fingerprint density at radius 1 is 1.25 bits per heavy atom. The van der Waals surface area contributed by atoms with Crippen LogP contribution in [-0.4, -0.2) is 21.5 Å². The fourth-order valence-electron chi connectivity index (χ4n) is 1.69. The molecule has 1 unspecified atom stereocenters. The van der Waals surface area contributed by atoms with Gasteiger partial charge in [-0.2, -0.15) is 5.10 Å². The number of hydrogen-bond donors (Lipinski definition) is 1. The van der Waals surface area contributed by atoms with Gasteiger partial charge in [-0.15, -0.1) is 0 Å². The van der Waals surface area contributed by atoms with Crippen molar-refractivity contribution in [2.75, 3.05) is 6.61 Å². The monoisotopic (exact) mass is 216 g/mol. The van der Waals surface area contributed by atoms with Crippen LogP contribution < -0.4 is 0 Å². The summed E-state index contributed by atoms with van der Waals surface area (Å²) in [5.74, 6) is 0.188. The first-order chi connectivity index (χ1) is 7.72. The molecule has 3 heteroatoms. The summed E-state index contributed by atoms with van der Waals surface area (Å²) >= 11 is 0. The summed E-state index contributed by atoms with van der Waals surface area (Å²) in [5, 5.41) is 13.3. The Kier molecular flexibility index (Phi) is 3.06. The van der Waals surface area contributed by atoms with Gasteiger partial charge in [0.15, 0.2) is 0 Å². The first kappa shape index (κ1) is 10.9. The molecule has 0 saturated heterocycles. The number of hydrogen-bond acceptors (Lipinski definition) is 2. The maximum Gasteiger partial charge on any atom is 0.0648 e. The highest BCUT2D eigenvalue weighted by Crippen LogP contribution is 2.17. The van der Waals surface area contributed by atoms with E-state index in [0.29, 0.717) is 0 Å². The van der Waals surface area contributed by atoms with Gasteiger partial charge in [-0.1, -0.05) is 19.1 Å². The molecular weight excluding hydrogens is 200 g/mol. The molecular formula is C13H16N2O. The Morgan fingerprint density at radius 3 is 2.44 bits per heavy atom. The predicted molar refractivity (Wildman–Crippen MR) is 63.8 cm³/mol. The maximum atomic E-state index is 9.07. The van der Waals surface area contributed by atoms with Crippen molar-refractivity contribution >= 4 is 0 Å². The van der Waals surface area contributed by atoms with Gasteiger partial charge in [0.1, 0.15) is 0 Å². The minimum atomic E-state index is 0.181. The quantitative estimate of drug-likeness (QED) is 0.854. The van der Waals surface area contributed by atoms with Crippen molar-refractivity contribution in [1.29, 1.82) is 0 Å². The van der Waals surface area contributed by atoms with Gasteiger partial charge in [-0.25, -0.2) is 4.68 Å². The summed E-state index contributed by atoms with van der Waals surface area (Å²) in [7, 11) is 0. The average Bonchev–Trinajstić information content (AvgIpc) is 2.75. The SMILES string of the molecule is Cc1ccnn1-c1ccc(C(C)CO)cc1. The highest BCUT2D eigenvalue weighted by molar-refractivity contribution is 5.36. The molecule has 0 spiro atoms. The molecule has 0 radical (unpaired) electrons. The molecule has 16 heavy (non-hydrogen) atoms. The van der Waals surface area contributed by atoms with Crippen LogP contribution >= 0.6 is 0 Å². The van der Waals surface area contributed by atoms with Gasteiger partial charge in [-0.3, -0.25) is 0 Å². The molecule has 0 aliphatic heterocycles. The van der Waals surface area contributed by atoms with Crippen molar-refractivity contribution in [2.24, 2.45) is 0 Å². The lowest BCUT2D eigenvalue weighted by molar-refractivity contribution is 0.273. The lowest BCUT2D eigenvalue weighted by Crippen LogP contribution is -2.01. The van der Waals surface area contributed by atoms with Crippen LogP contribution in [0.25, 0.3) is 5.69 Å². The highest BCUT2D eigenvalue weighted by Gasteiger charge is 2.05. The zero-order valence-electron chi connectivity index (χ0n) is 9.59. The van der Waals surface area contributed by atoms with Crippen LogP contribution in [0.3, 0.4) is 0 Å². The predicted octanol–water partition coefficient (Wildman–Crippen LogP) is 2.28. The fourth-order valence-corrected chi connectivity index (χ4v) is 1.69. The zero-order chi connectivity index (χ0) is 11.5. The van der Waals surface area contributed by atoms with E-state index in [1.807, 2.05) is 48.9 Å². The van der Waals surface area contributed by atoms with E-state index in [9.17, 15) is 0 Å². The number of aromatic nitrogens is 2. The Morgan fingerprint density at radius 2 is 1.94 bits per heavy atom. The minimum Gasteiger partial charge on any atom is -0.396 e. The van der Waals surface area contributed by atoms with Gasteiger partial charge >= 0.3 is 0 Å². The first-order valence-electron chi connectivity index (χ1n) is 5.44. The van der Waals surface area contributed by atoms with E-state index < -0.39 is 0 Å². The molecule has 0 fully saturated rings. The largest absolute Gasteiger partial charge is 0.396 e. The van der Waals surface area contributed by atoms with Gasteiger partial charge < -0.3 is 5.11 Å². The van der Waals surface area contributed by atoms with Crippen LogP contribution in [0, 0.1) is 6.92 Å². The van der Waals surface area contributed by atoms with Crippen LogP contribution in [0.4, 0.5) is 0 Å². The van der Waals surface area contributed by atoms with Crippen molar-refractivity contribution in [3.63, 3.8) is 0 Å². The molecule has 0 aliphatic carbocycles. The van der Waals surface area contributed by atoms with E-state index in [-0.39, 0.29) is 12.5 Å². The molecule has 3 nitrogen and oxygen atoms in total. The number of benzene rings is 1. The molecule has 1 aromatic heterocycles. The normalized spacial score (nSPS) is 12.7. The van der Waals surface area contributed by atoms with E-state index in [2.05, 4.69) is 5.10 Å². The Labute approximate surface area is 95.3 Å². The topological polar surface area (TPSA) is 38.0 Å². The van der Waals surface area contributed by atoms with Gasteiger partial charge in [0.25, 0.3) is 0 Å². The molecule has 84 valence electrons. The summed E-state index contributed by atoms with van der Waals surface area (Å²) in [5.41, 5.74) is 3.32. The van der Waals surface area contributed by atoms with Gasteiger partial charge in [-0.05, 0) is 30.7 Å². The summed E-state index contributed by atoms with van der Waals surface area (Å²) in [6.07, 6.45) is 1.79. The molecule has 1 aromatic carbocycles. The van der Waals surface area contributed by atoms with Gasteiger partial charge in [0.05, 0.1) is 5.69 Å². The fraction of sp³-hybridized carbons (Fsp3) is 0.308. The van der Waals surface area contributed by atoms with E-state index in [1.54, 1.807) is 6.20 Å². The summed E-state index contributed by atoms with van der Waals surface area (Å²) in [6, 6.07) is 10.1. The second-order valence-electron chi connectivity index (χ2n) is 4.06. The Hall–Kier alpha value is -1.61. The second-order valence-corrected chi connectivity index (χ2v) is 4.06. The van der Waals surface area contributed by atoms with Crippen LogP contribution in [-0.2, 0) is 0 Å². The van der Waals surface area contributed by atoms with E-state index in [1.165, 1.54) is 0 Å². The number of nitrogens with zero attached hydrogens (tertiary/aromatic N) is 2. The molecule has 2 rings (SSSR count). The van der Waals surface area contributed by atoms with Crippen LogP contribution in [0.15, 0.2) is 36.5 Å². The van der Waals surface area contributed by atoms with Crippen LogP contribution in [0.1, 0.15) is 24.1 Å². The lowest BCUT2D eigenvalue weighted by Gasteiger charge is -2.10. The zero-order valence-corrected chi connectivity index (χ0v) is 9.59. The van der Waals surface area contributed by atoms with Crippen molar-refractivity contribution in [3.05, 3.63) is 47.8 Å². The standard InChI is InChI=1S/C13H16N2O/c1-10(9-16)12-3-5-13(6-4-12)15-11(2)7-8-14-15/h3-8,10,16H,9H2,1-2H3. The van der Waals surface area contributed by atoms with Crippen molar-refractivity contribution in [1.82, 2.24) is 9.78 Å². The number of rotatable bonds is 3. The van der Waals surface area contributed by atoms with Gasteiger partial charge in [0.2, 0.25) is 0 Å². The number of aryl methyl sites for hydroxylation is 1. The molecule has 2 aromatic rings. The summed E-state index contributed by atoms with van der Waals surface area (Å²) in [4.78, 5) is 0. The molecule has 0 saturated carbocycles. The Bertz CT molecular complexity index is 459. The number of aliphatic hydroxyl groups excluding tert-OH is 1. The van der Waals surface area contributed by atoms with Crippen molar-refractivity contribution in [3.8, 4) is 5.69 Å². The molecule has 1 atom stereocenters. The summed E-state index contributed by atoms with van der Waals surface area (Å²) < 4.78 is 1.90. The van der Waals surface area contributed by atoms with Gasteiger partial charge in [0, 0.05) is 24.4 Å². The van der Waals surface area contributed by atoms with Crippen LogP contribution in [0.2, 0.25) is 0 Å². The second kappa shape index (κ2) is 4.49. The molecule has 0 bridgehead atoms. The highest BCUT2D eigenvalue weighted by atomic mass is 16.3. The minimum absolute atomic E-state index is 0.181. The molecule has 1 heterocycles. The van der Waals surface area contributed by atoms with Crippen LogP contribution in [0.5, 0.6) is 0 Å². The maximum absolute atomic E-state index is 9.07. The summed E-state index contributed by atoms with van der Waals surface area (Å²) in [6.45, 7) is 4.21. The third kappa shape index (κ3) is 1.99. The number of aliphatic hydroxyl groups is 1. The lowest BCUT2D eigenvalue weighted by atomic mass is 10.0. The van der Waals surface area contributed by atoms with E-state index in [4.69, 9.17) is 5.11 Å². The van der Waals surface area contributed by atoms with Crippen molar-refractivity contribution < 1.29 is 5.11 Å². The van der Waals surface area contributed by atoms with E-state index in [0.717, 1.165) is 16.9 Å². The average molecular weight is 216 g/mol. The molecule has 1 N–H and O–H groups in total. The Balaban J connectivity index is 2.30.